The highest BCUT2D eigenvalue weighted by molar-refractivity contribution is 7.14. The van der Waals surface area contributed by atoms with Gasteiger partial charge in [0.2, 0.25) is 5.91 Å². The molecule has 2 N–H and O–H groups in total. The van der Waals surface area contributed by atoms with Crippen LogP contribution in [0.1, 0.15) is 31.1 Å². The molecule has 1 rings (SSSR count). The monoisotopic (exact) mass is 299 g/mol. The second-order valence-corrected chi connectivity index (χ2v) is 5.20. The highest BCUT2D eigenvalue weighted by Crippen LogP contribution is 2.25. The van der Waals surface area contributed by atoms with E-state index in [1.165, 1.54) is 25.2 Å². The fourth-order valence-electron chi connectivity index (χ4n) is 1.44. The summed E-state index contributed by atoms with van der Waals surface area (Å²) in [4.78, 5) is 34.5. The minimum atomic E-state index is -1.04. The first-order valence-electron chi connectivity index (χ1n) is 6.16. The van der Waals surface area contributed by atoms with Gasteiger partial charge >= 0.3 is 11.9 Å². The Morgan fingerprint density at radius 1 is 1.35 bits per heavy atom. The number of nitrogens with one attached hydrogen (secondary N) is 1. The van der Waals surface area contributed by atoms with Crippen molar-refractivity contribution in [2.24, 2.45) is 11.8 Å². The van der Waals surface area contributed by atoms with Crippen molar-refractivity contribution < 1.29 is 24.2 Å². The van der Waals surface area contributed by atoms with Gasteiger partial charge < -0.3 is 15.2 Å². The van der Waals surface area contributed by atoms with Crippen LogP contribution in [0.3, 0.4) is 0 Å². The number of carbonyl (C=O) groups excluding carboxylic acids is 2. The van der Waals surface area contributed by atoms with Gasteiger partial charge in [0, 0.05) is 5.92 Å². The lowest BCUT2D eigenvalue weighted by atomic mass is 9.95. The van der Waals surface area contributed by atoms with Gasteiger partial charge in [-0.25, -0.2) is 4.79 Å². The number of carbonyl (C=O) groups is 3. The van der Waals surface area contributed by atoms with Crippen molar-refractivity contribution in [1.82, 2.24) is 0 Å². The maximum atomic E-state index is 12.0. The molecule has 0 saturated heterocycles. The Bertz CT molecular complexity index is 511. The van der Waals surface area contributed by atoms with E-state index in [-0.39, 0.29) is 12.2 Å². The van der Waals surface area contributed by atoms with E-state index in [1.54, 1.807) is 18.4 Å². The minimum Gasteiger partial charge on any atom is -0.481 e. The molecule has 0 saturated carbocycles. The van der Waals surface area contributed by atoms with E-state index in [9.17, 15) is 14.4 Å². The third kappa shape index (κ3) is 3.80. The molecule has 0 aromatic carbocycles. The van der Waals surface area contributed by atoms with E-state index in [0.29, 0.717) is 5.00 Å². The second-order valence-electron chi connectivity index (χ2n) is 4.29. The van der Waals surface area contributed by atoms with Gasteiger partial charge in [0.15, 0.2) is 0 Å². The van der Waals surface area contributed by atoms with Gasteiger partial charge in [0.25, 0.3) is 0 Å². The average molecular weight is 299 g/mol. The molecule has 1 aromatic heterocycles. The summed E-state index contributed by atoms with van der Waals surface area (Å²) in [6.45, 7) is 4.94. The SMILES string of the molecule is CCOC(=O)c1ccsc1NC(=O)C(C)C(C)C(=O)O. The van der Waals surface area contributed by atoms with Gasteiger partial charge in [-0.05, 0) is 18.4 Å². The molecule has 2 unspecified atom stereocenters. The summed E-state index contributed by atoms with van der Waals surface area (Å²) in [5, 5.41) is 13.5. The van der Waals surface area contributed by atoms with Crippen LogP contribution >= 0.6 is 11.3 Å². The molecule has 0 aliphatic carbocycles. The van der Waals surface area contributed by atoms with Crippen molar-refractivity contribution in [3.63, 3.8) is 0 Å². The lowest BCUT2D eigenvalue weighted by Gasteiger charge is -2.15. The van der Waals surface area contributed by atoms with Crippen LogP contribution in [-0.2, 0) is 14.3 Å². The Morgan fingerprint density at radius 2 is 2.00 bits per heavy atom. The number of rotatable bonds is 6. The second kappa shape index (κ2) is 7.04. The zero-order chi connectivity index (χ0) is 15.3. The Balaban J connectivity index is 2.79. The summed E-state index contributed by atoms with van der Waals surface area (Å²) in [5.41, 5.74) is 0.278. The highest BCUT2D eigenvalue weighted by atomic mass is 32.1. The van der Waals surface area contributed by atoms with Crippen molar-refractivity contribution in [2.45, 2.75) is 20.8 Å². The first kappa shape index (κ1) is 16.2. The van der Waals surface area contributed by atoms with Crippen molar-refractivity contribution in [2.75, 3.05) is 11.9 Å². The summed E-state index contributed by atoms with van der Waals surface area (Å²) in [7, 11) is 0. The molecule has 0 radical (unpaired) electrons. The minimum absolute atomic E-state index is 0.245. The smallest absolute Gasteiger partial charge is 0.341 e. The van der Waals surface area contributed by atoms with E-state index in [4.69, 9.17) is 9.84 Å². The third-order valence-corrected chi connectivity index (χ3v) is 3.78. The van der Waals surface area contributed by atoms with Crippen LogP contribution < -0.4 is 5.32 Å². The van der Waals surface area contributed by atoms with Crippen LogP contribution in [0.25, 0.3) is 0 Å². The maximum absolute atomic E-state index is 12.0. The summed E-state index contributed by atoms with van der Waals surface area (Å²) >= 11 is 1.19. The number of esters is 1. The van der Waals surface area contributed by atoms with Crippen LogP contribution in [0, 0.1) is 11.8 Å². The summed E-state index contributed by atoms with van der Waals surface area (Å²) < 4.78 is 4.88. The lowest BCUT2D eigenvalue weighted by molar-refractivity contribution is -0.145. The predicted octanol–water partition coefficient (Wildman–Crippen LogP) is 2.22. The zero-order valence-electron chi connectivity index (χ0n) is 11.5. The van der Waals surface area contributed by atoms with E-state index in [0.717, 1.165) is 0 Å². The lowest BCUT2D eigenvalue weighted by Crippen LogP contribution is -2.30. The van der Waals surface area contributed by atoms with E-state index in [1.807, 2.05) is 0 Å². The van der Waals surface area contributed by atoms with Crippen LogP contribution in [0.4, 0.5) is 5.00 Å². The third-order valence-electron chi connectivity index (χ3n) is 2.95. The van der Waals surface area contributed by atoms with Crippen molar-refractivity contribution in [1.29, 1.82) is 0 Å². The van der Waals surface area contributed by atoms with Crippen molar-refractivity contribution >= 4 is 34.2 Å². The first-order valence-corrected chi connectivity index (χ1v) is 7.04. The molecule has 1 aromatic rings. The molecule has 7 heteroatoms. The van der Waals surface area contributed by atoms with Gasteiger partial charge in [0.1, 0.15) is 5.00 Å². The number of carboxylic acids is 1. The molecule has 110 valence electrons. The van der Waals surface area contributed by atoms with Gasteiger partial charge in [0.05, 0.1) is 18.1 Å². The molecular weight excluding hydrogens is 282 g/mol. The molecule has 0 fully saturated rings. The molecule has 2 atom stereocenters. The average Bonchev–Trinajstić information content (AvgIpc) is 2.85. The number of aliphatic carboxylic acids is 1. The van der Waals surface area contributed by atoms with Crippen LogP contribution in [0.5, 0.6) is 0 Å². The first-order chi connectivity index (χ1) is 9.38. The Hall–Kier alpha value is -1.89. The van der Waals surface area contributed by atoms with Crippen molar-refractivity contribution in [3.8, 4) is 0 Å². The molecule has 1 heterocycles. The Morgan fingerprint density at radius 3 is 2.55 bits per heavy atom. The summed E-state index contributed by atoms with van der Waals surface area (Å²) in [6.07, 6.45) is 0. The molecular formula is C13H17NO5S. The number of carboxylic acid groups (broad SMARTS) is 1. The fourth-order valence-corrected chi connectivity index (χ4v) is 2.22. The zero-order valence-corrected chi connectivity index (χ0v) is 12.3. The molecule has 0 bridgehead atoms. The standard InChI is InChI=1S/C13H17NO5S/c1-4-19-13(18)9-5-6-20-11(9)14-10(15)7(2)8(3)12(16)17/h5-8H,4H2,1-3H3,(H,14,15)(H,16,17). The van der Waals surface area contributed by atoms with E-state index in [2.05, 4.69) is 5.32 Å². The molecule has 6 nitrogen and oxygen atoms in total. The number of ether oxygens (including phenoxy) is 1. The topological polar surface area (TPSA) is 92.7 Å². The van der Waals surface area contributed by atoms with Gasteiger partial charge in [-0.1, -0.05) is 13.8 Å². The van der Waals surface area contributed by atoms with Crippen LogP contribution in [0.15, 0.2) is 11.4 Å². The Kier molecular flexibility index (Phi) is 5.69. The van der Waals surface area contributed by atoms with Gasteiger partial charge in [-0.2, -0.15) is 0 Å². The van der Waals surface area contributed by atoms with Crippen molar-refractivity contribution in [3.05, 3.63) is 17.0 Å². The number of hydrogen-bond acceptors (Lipinski definition) is 5. The molecule has 0 aliphatic heterocycles. The number of thiophene rings is 1. The molecule has 0 spiro atoms. The summed E-state index contributed by atoms with van der Waals surface area (Å²) in [5.74, 6) is -3.49. The van der Waals surface area contributed by atoms with E-state index >= 15 is 0 Å². The number of hydrogen-bond donors (Lipinski definition) is 2. The largest absolute Gasteiger partial charge is 0.481 e. The number of anilines is 1. The number of amides is 1. The van der Waals surface area contributed by atoms with Crippen LogP contribution in [0.2, 0.25) is 0 Å². The van der Waals surface area contributed by atoms with Gasteiger partial charge in [-0.15, -0.1) is 11.3 Å². The highest BCUT2D eigenvalue weighted by Gasteiger charge is 2.27. The fraction of sp³-hybridized carbons (Fsp3) is 0.462. The Labute approximate surface area is 120 Å². The molecule has 0 aliphatic rings. The quantitative estimate of drug-likeness (QED) is 0.786. The maximum Gasteiger partial charge on any atom is 0.341 e. The molecule has 20 heavy (non-hydrogen) atoms. The predicted molar refractivity (Wildman–Crippen MR) is 74.9 cm³/mol. The molecule has 1 amide bonds. The summed E-state index contributed by atoms with van der Waals surface area (Å²) in [6, 6.07) is 1.56. The normalized spacial score (nSPS) is 13.3. The van der Waals surface area contributed by atoms with Gasteiger partial charge in [-0.3, -0.25) is 9.59 Å². The van der Waals surface area contributed by atoms with Crippen LogP contribution in [-0.4, -0.2) is 29.6 Å². The van der Waals surface area contributed by atoms with E-state index < -0.39 is 29.7 Å².